The first-order valence-corrected chi connectivity index (χ1v) is 8.90. The number of aliphatic imine (C=N–C) groups is 1. The summed E-state index contributed by atoms with van der Waals surface area (Å²) in [5.41, 5.74) is 1.31. The summed E-state index contributed by atoms with van der Waals surface area (Å²) in [4.78, 5) is 4.30. The van der Waals surface area contributed by atoms with E-state index >= 15 is 0 Å². The van der Waals surface area contributed by atoms with E-state index in [1.165, 1.54) is 12.0 Å². The predicted octanol–water partition coefficient (Wildman–Crippen LogP) is 3.32. The SMILES string of the molecule is CN=C(NCCCn1cccn1)NCC1(c2ccc(F)cc2)CCC1.I. The fourth-order valence-electron chi connectivity index (χ4n) is 3.33. The summed E-state index contributed by atoms with van der Waals surface area (Å²) in [6.07, 6.45) is 8.21. The summed E-state index contributed by atoms with van der Waals surface area (Å²) in [6.45, 7) is 2.54. The van der Waals surface area contributed by atoms with Gasteiger partial charge in [0.15, 0.2) is 5.96 Å². The first-order chi connectivity index (χ1) is 12.2. The van der Waals surface area contributed by atoms with Gasteiger partial charge in [-0.15, -0.1) is 24.0 Å². The highest BCUT2D eigenvalue weighted by molar-refractivity contribution is 14.0. The molecule has 0 saturated heterocycles. The van der Waals surface area contributed by atoms with Crippen LogP contribution in [0.5, 0.6) is 0 Å². The molecular formula is C19H27FIN5. The maximum atomic E-state index is 13.2. The molecule has 1 aliphatic rings. The lowest BCUT2D eigenvalue weighted by Gasteiger charge is -2.43. The Kier molecular flexibility index (Phi) is 7.86. The zero-order chi connectivity index (χ0) is 17.5. The molecule has 5 nitrogen and oxygen atoms in total. The Morgan fingerprint density at radius 1 is 1.27 bits per heavy atom. The second-order valence-corrected chi connectivity index (χ2v) is 6.62. The lowest BCUT2D eigenvalue weighted by Crippen LogP contribution is -2.49. The standard InChI is InChI=1S/C19H26FN5.HI/c1-21-18(22-11-3-13-25-14-4-12-24-25)23-15-19(9-2-10-19)16-5-7-17(20)8-6-16;/h4-8,12,14H,2-3,9-11,13,15H2,1H3,(H2,21,22,23);1H. The minimum atomic E-state index is -0.180. The monoisotopic (exact) mass is 471 g/mol. The van der Waals surface area contributed by atoms with Gasteiger partial charge in [0.2, 0.25) is 0 Å². The van der Waals surface area contributed by atoms with Crippen LogP contribution >= 0.6 is 24.0 Å². The molecule has 142 valence electrons. The molecule has 7 heteroatoms. The molecule has 0 bridgehead atoms. The fourth-order valence-corrected chi connectivity index (χ4v) is 3.33. The Bertz CT molecular complexity index is 680. The van der Waals surface area contributed by atoms with Gasteiger partial charge >= 0.3 is 0 Å². The summed E-state index contributed by atoms with van der Waals surface area (Å²) >= 11 is 0. The minimum Gasteiger partial charge on any atom is -0.356 e. The van der Waals surface area contributed by atoms with E-state index in [0.717, 1.165) is 44.9 Å². The summed E-state index contributed by atoms with van der Waals surface area (Å²) in [6, 6.07) is 8.86. The molecule has 1 heterocycles. The third-order valence-corrected chi connectivity index (χ3v) is 5.00. The highest BCUT2D eigenvalue weighted by Crippen LogP contribution is 2.43. The highest BCUT2D eigenvalue weighted by Gasteiger charge is 2.38. The van der Waals surface area contributed by atoms with Crippen molar-refractivity contribution in [2.24, 2.45) is 4.99 Å². The zero-order valence-corrected chi connectivity index (χ0v) is 17.4. The first kappa shape index (κ1) is 20.7. The van der Waals surface area contributed by atoms with Crippen LogP contribution in [0.15, 0.2) is 47.7 Å². The van der Waals surface area contributed by atoms with E-state index in [9.17, 15) is 4.39 Å². The van der Waals surface area contributed by atoms with Gasteiger partial charge in [0, 0.05) is 44.5 Å². The molecule has 0 spiro atoms. The number of hydrogen-bond acceptors (Lipinski definition) is 2. The van der Waals surface area contributed by atoms with Crippen molar-refractivity contribution in [3.05, 3.63) is 54.1 Å². The van der Waals surface area contributed by atoms with Gasteiger partial charge in [-0.25, -0.2) is 4.39 Å². The third-order valence-electron chi connectivity index (χ3n) is 5.00. The molecule has 1 aromatic carbocycles. The number of benzene rings is 1. The molecule has 2 N–H and O–H groups in total. The van der Waals surface area contributed by atoms with Crippen LogP contribution in [-0.2, 0) is 12.0 Å². The second kappa shape index (κ2) is 9.89. The normalized spacial score (nSPS) is 15.7. The van der Waals surface area contributed by atoms with Crippen molar-refractivity contribution >= 4 is 29.9 Å². The van der Waals surface area contributed by atoms with E-state index in [4.69, 9.17) is 0 Å². The molecule has 0 amide bonds. The van der Waals surface area contributed by atoms with Crippen molar-refractivity contribution in [1.82, 2.24) is 20.4 Å². The topological polar surface area (TPSA) is 54.2 Å². The molecule has 1 fully saturated rings. The van der Waals surface area contributed by atoms with Crippen molar-refractivity contribution in [3.63, 3.8) is 0 Å². The molecular weight excluding hydrogens is 444 g/mol. The number of hydrogen-bond donors (Lipinski definition) is 2. The van der Waals surface area contributed by atoms with E-state index in [1.54, 1.807) is 25.4 Å². The average Bonchev–Trinajstić information content (AvgIpc) is 3.10. The van der Waals surface area contributed by atoms with Gasteiger partial charge in [0.1, 0.15) is 5.82 Å². The smallest absolute Gasteiger partial charge is 0.191 e. The van der Waals surface area contributed by atoms with Crippen LogP contribution in [-0.4, -0.2) is 35.9 Å². The van der Waals surface area contributed by atoms with Crippen molar-refractivity contribution < 1.29 is 4.39 Å². The largest absolute Gasteiger partial charge is 0.356 e. The third kappa shape index (κ3) is 5.18. The summed E-state index contributed by atoms with van der Waals surface area (Å²) < 4.78 is 15.1. The van der Waals surface area contributed by atoms with Crippen LogP contribution in [0, 0.1) is 5.82 Å². The number of halogens is 2. The van der Waals surface area contributed by atoms with Gasteiger partial charge in [-0.2, -0.15) is 5.10 Å². The lowest BCUT2D eigenvalue weighted by atomic mass is 9.64. The lowest BCUT2D eigenvalue weighted by molar-refractivity contribution is 0.243. The Hall–Kier alpha value is -1.64. The van der Waals surface area contributed by atoms with Gasteiger partial charge in [0.05, 0.1) is 0 Å². The van der Waals surface area contributed by atoms with Crippen LogP contribution in [0.4, 0.5) is 4.39 Å². The Morgan fingerprint density at radius 3 is 2.62 bits per heavy atom. The number of nitrogens with zero attached hydrogens (tertiary/aromatic N) is 3. The van der Waals surface area contributed by atoms with E-state index in [2.05, 4.69) is 20.7 Å². The Morgan fingerprint density at radius 2 is 2.04 bits per heavy atom. The maximum absolute atomic E-state index is 13.2. The molecule has 26 heavy (non-hydrogen) atoms. The Balaban J connectivity index is 0.00000243. The van der Waals surface area contributed by atoms with Gasteiger partial charge < -0.3 is 10.6 Å². The van der Waals surface area contributed by atoms with Crippen molar-refractivity contribution in [2.75, 3.05) is 20.1 Å². The van der Waals surface area contributed by atoms with Crippen molar-refractivity contribution in [2.45, 2.75) is 37.6 Å². The molecule has 0 atom stereocenters. The molecule has 1 saturated carbocycles. The minimum absolute atomic E-state index is 0. The molecule has 0 radical (unpaired) electrons. The van der Waals surface area contributed by atoms with Crippen LogP contribution in [0.3, 0.4) is 0 Å². The number of aryl methyl sites for hydroxylation is 1. The van der Waals surface area contributed by atoms with E-state index < -0.39 is 0 Å². The highest BCUT2D eigenvalue weighted by atomic mass is 127. The summed E-state index contributed by atoms with van der Waals surface area (Å²) in [7, 11) is 1.79. The number of nitrogens with one attached hydrogen (secondary N) is 2. The van der Waals surface area contributed by atoms with Crippen LogP contribution < -0.4 is 10.6 Å². The summed E-state index contributed by atoms with van der Waals surface area (Å²) in [5, 5.41) is 11.0. The van der Waals surface area contributed by atoms with Crippen LogP contribution in [0.1, 0.15) is 31.2 Å². The van der Waals surface area contributed by atoms with Gasteiger partial charge in [-0.05, 0) is 43.0 Å². The van der Waals surface area contributed by atoms with E-state index in [1.807, 2.05) is 29.1 Å². The van der Waals surface area contributed by atoms with Crippen LogP contribution in [0.25, 0.3) is 0 Å². The zero-order valence-electron chi connectivity index (χ0n) is 15.1. The Labute approximate surface area is 171 Å². The maximum Gasteiger partial charge on any atom is 0.191 e. The van der Waals surface area contributed by atoms with E-state index in [0.29, 0.717) is 0 Å². The number of aromatic nitrogens is 2. The molecule has 0 aliphatic heterocycles. The van der Waals surface area contributed by atoms with Gasteiger partial charge in [0.25, 0.3) is 0 Å². The van der Waals surface area contributed by atoms with Gasteiger partial charge in [-0.1, -0.05) is 18.6 Å². The van der Waals surface area contributed by atoms with Crippen LogP contribution in [0.2, 0.25) is 0 Å². The molecule has 1 aromatic heterocycles. The first-order valence-electron chi connectivity index (χ1n) is 8.90. The molecule has 3 rings (SSSR count). The molecule has 1 aliphatic carbocycles. The fraction of sp³-hybridized carbons (Fsp3) is 0.474. The second-order valence-electron chi connectivity index (χ2n) is 6.62. The number of rotatable bonds is 7. The number of guanidine groups is 1. The van der Waals surface area contributed by atoms with Gasteiger partial charge in [-0.3, -0.25) is 9.67 Å². The average molecular weight is 471 g/mol. The molecule has 2 aromatic rings. The van der Waals surface area contributed by atoms with E-state index in [-0.39, 0.29) is 35.2 Å². The van der Waals surface area contributed by atoms with Crippen molar-refractivity contribution in [3.8, 4) is 0 Å². The molecule has 0 unspecified atom stereocenters. The summed E-state index contributed by atoms with van der Waals surface area (Å²) in [5.74, 6) is 0.634. The predicted molar refractivity (Wildman–Crippen MR) is 114 cm³/mol. The van der Waals surface area contributed by atoms with Crippen molar-refractivity contribution in [1.29, 1.82) is 0 Å². The quantitative estimate of drug-likeness (QED) is 0.282.